The van der Waals surface area contributed by atoms with Gasteiger partial charge in [-0.1, -0.05) is 19.9 Å². The third-order valence-corrected chi connectivity index (χ3v) is 5.19. The molecule has 3 aromatic rings. The zero-order valence-corrected chi connectivity index (χ0v) is 18.5. The predicted molar refractivity (Wildman–Crippen MR) is 125 cm³/mol. The van der Waals surface area contributed by atoms with Gasteiger partial charge in [0.25, 0.3) is 11.8 Å². The Balaban J connectivity index is 0.00000225. The van der Waals surface area contributed by atoms with Crippen molar-refractivity contribution in [2.45, 2.75) is 32.2 Å². The van der Waals surface area contributed by atoms with Crippen molar-refractivity contribution in [2.75, 3.05) is 11.9 Å². The third-order valence-electron chi connectivity index (χ3n) is 5.19. The number of hydrogen-bond acceptors (Lipinski definition) is 4. The van der Waals surface area contributed by atoms with Crippen LogP contribution in [0.2, 0.25) is 0 Å². The Morgan fingerprint density at radius 3 is 2.40 bits per heavy atom. The lowest BCUT2D eigenvalue weighted by Crippen LogP contribution is -2.52. The van der Waals surface area contributed by atoms with Gasteiger partial charge in [0.05, 0.1) is 22.9 Å². The van der Waals surface area contributed by atoms with Crippen LogP contribution >= 0.6 is 24.8 Å². The summed E-state index contributed by atoms with van der Waals surface area (Å²) in [4.78, 5) is 32.4. The Morgan fingerprint density at radius 1 is 1.03 bits per heavy atom. The monoisotopic (exact) mass is 451 g/mol. The van der Waals surface area contributed by atoms with Crippen LogP contribution in [0.3, 0.4) is 0 Å². The number of benzene rings is 2. The number of nitrogens with one attached hydrogen (secondary N) is 3. The minimum Gasteiger partial charge on any atom is -0.345 e. The second-order valence-electron chi connectivity index (χ2n) is 6.82. The van der Waals surface area contributed by atoms with Crippen molar-refractivity contribution in [1.82, 2.24) is 15.3 Å². The molecule has 0 aliphatic heterocycles. The summed E-state index contributed by atoms with van der Waals surface area (Å²) in [5, 5.41) is 5.87. The first kappa shape index (κ1) is 25.4. The molecule has 0 bridgehead atoms. The normalized spacial score (nSPS) is 10.6. The highest BCUT2D eigenvalue weighted by atomic mass is 35.5. The maximum Gasteiger partial charge on any atom is 0.255 e. The Kier molecular flexibility index (Phi) is 9.29. The van der Waals surface area contributed by atoms with Crippen LogP contribution in [0, 0.1) is 0 Å². The van der Waals surface area contributed by atoms with Crippen molar-refractivity contribution in [3.8, 4) is 0 Å². The SMILES string of the molecule is CCC(CC)(CN)NC(=O)c1cccc(NC(=O)c2ccc3nc[nH]c3c2)c1.Cl.Cl. The molecule has 0 saturated heterocycles. The molecule has 0 unspecified atom stereocenters. The molecule has 30 heavy (non-hydrogen) atoms. The maximum absolute atomic E-state index is 12.7. The Morgan fingerprint density at radius 2 is 1.73 bits per heavy atom. The summed E-state index contributed by atoms with van der Waals surface area (Å²) >= 11 is 0. The van der Waals surface area contributed by atoms with E-state index in [1.807, 2.05) is 13.8 Å². The van der Waals surface area contributed by atoms with Crippen LogP contribution < -0.4 is 16.4 Å². The van der Waals surface area contributed by atoms with Crippen molar-refractivity contribution in [3.63, 3.8) is 0 Å². The van der Waals surface area contributed by atoms with E-state index in [9.17, 15) is 9.59 Å². The largest absolute Gasteiger partial charge is 0.345 e. The Labute approximate surface area is 188 Å². The quantitative estimate of drug-likeness (QED) is 0.435. The number of anilines is 1. The Bertz CT molecular complexity index is 993. The maximum atomic E-state index is 12.7. The molecule has 7 nitrogen and oxygen atoms in total. The number of amides is 2. The molecule has 0 spiro atoms. The van der Waals surface area contributed by atoms with Crippen LogP contribution in [0.1, 0.15) is 47.4 Å². The van der Waals surface area contributed by atoms with Crippen molar-refractivity contribution < 1.29 is 9.59 Å². The van der Waals surface area contributed by atoms with E-state index < -0.39 is 5.54 Å². The number of H-pyrrole nitrogens is 1. The molecule has 3 rings (SSSR count). The number of nitrogens with zero attached hydrogens (tertiary/aromatic N) is 1. The number of fused-ring (bicyclic) bond motifs is 1. The van der Waals surface area contributed by atoms with Crippen LogP contribution in [-0.2, 0) is 0 Å². The topological polar surface area (TPSA) is 113 Å². The first-order valence-electron chi connectivity index (χ1n) is 9.37. The molecule has 0 radical (unpaired) electrons. The third kappa shape index (κ3) is 5.50. The molecule has 162 valence electrons. The van der Waals surface area contributed by atoms with Crippen molar-refractivity contribution >= 4 is 53.3 Å². The van der Waals surface area contributed by atoms with Crippen LogP contribution in [-0.4, -0.2) is 33.9 Å². The fraction of sp³-hybridized carbons (Fsp3) is 0.286. The lowest BCUT2D eigenvalue weighted by atomic mass is 9.92. The first-order valence-corrected chi connectivity index (χ1v) is 9.37. The number of halogens is 2. The van der Waals surface area contributed by atoms with E-state index in [4.69, 9.17) is 5.73 Å². The summed E-state index contributed by atoms with van der Waals surface area (Å²) in [6.45, 7) is 4.38. The van der Waals surface area contributed by atoms with Gasteiger partial charge in [-0.25, -0.2) is 4.98 Å². The van der Waals surface area contributed by atoms with Crippen LogP contribution in [0.15, 0.2) is 48.8 Å². The highest BCUT2D eigenvalue weighted by Gasteiger charge is 2.26. The molecule has 2 aromatic carbocycles. The van der Waals surface area contributed by atoms with Gasteiger partial charge in [-0.2, -0.15) is 0 Å². The molecule has 0 fully saturated rings. The fourth-order valence-electron chi connectivity index (χ4n) is 3.10. The van der Waals surface area contributed by atoms with Gasteiger partial charge in [0, 0.05) is 23.4 Å². The summed E-state index contributed by atoms with van der Waals surface area (Å²) in [5.74, 6) is -0.461. The van der Waals surface area contributed by atoms with Crippen LogP contribution in [0.4, 0.5) is 5.69 Å². The second-order valence-corrected chi connectivity index (χ2v) is 6.82. The van der Waals surface area contributed by atoms with Gasteiger partial charge in [-0.05, 0) is 49.2 Å². The average Bonchev–Trinajstić information content (AvgIpc) is 3.20. The fourth-order valence-corrected chi connectivity index (χ4v) is 3.10. The van der Waals surface area contributed by atoms with E-state index in [1.165, 1.54) is 0 Å². The summed E-state index contributed by atoms with van der Waals surface area (Å²) in [6.07, 6.45) is 3.08. The summed E-state index contributed by atoms with van der Waals surface area (Å²) in [5.41, 5.74) is 8.56. The molecule has 0 aliphatic carbocycles. The van der Waals surface area contributed by atoms with Crippen molar-refractivity contribution in [1.29, 1.82) is 0 Å². The predicted octanol–water partition coefficient (Wildman–Crippen LogP) is 3.91. The number of carbonyl (C=O) groups excluding carboxylic acids is 2. The zero-order valence-electron chi connectivity index (χ0n) is 16.9. The number of aromatic nitrogens is 2. The Hall–Kier alpha value is -2.61. The summed E-state index contributed by atoms with van der Waals surface area (Å²) in [6, 6.07) is 12.1. The molecule has 0 saturated carbocycles. The second kappa shape index (κ2) is 11.0. The van der Waals surface area contributed by atoms with E-state index in [2.05, 4.69) is 20.6 Å². The standard InChI is InChI=1S/C21H25N5O2.2ClH/c1-3-21(4-2,12-22)26-20(28)14-6-5-7-16(10-14)25-19(27)15-8-9-17-18(11-15)24-13-23-17;;/h5-11,13H,3-4,12,22H2,1-2H3,(H,23,24)(H,25,27)(H,26,28);2*1H. The van der Waals surface area contributed by atoms with E-state index in [0.29, 0.717) is 23.4 Å². The lowest BCUT2D eigenvalue weighted by molar-refractivity contribution is 0.0894. The van der Waals surface area contributed by atoms with Gasteiger partial charge in [-0.15, -0.1) is 24.8 Å². The molecular weight excluding hydrogens is 425 g/mol. The number of imidazole rings is 1. The highest BCUT2D eigenvalue weighted by molar-refractivity contribution is 6.06. The summed E-state index contributed by atoms with van der Waals surface area (Å²) in [7, 11) is 0. The molecule has 5 N–H and O–H groups in total. The van der Waals surface area contributed by atoms with Crippen LogP contribution in [0.25, 0.3) is 11.0 Å². The van der Waals surface area contributed by atoms with E-state index >= 15 is 0 Å². The van der Waals surface area contributed by atoms with E-state index in [-0.39, 0.29) is 36.6 Å². The van der Waals surface area contributed by atoms with Gasteiger partial charge < -0.3 is 21.4 Å². The number of hydrogen-bond donors (Lipinski definition) is 4. The smallest absolute Gasteiger partial charge is 0.255 e. The molecule has 0 atom stereocenters. The molecule has 1 aromatic heterocycles. The highest BCUT2D eigenvalue weighted by Crippen LogP contribution is 2.18. The van der Waals surface area contributed by atoms with E-state index in [0.717, 1.165) is 23.9 Å². The molecule has 0 aliphatic rings. The van der Waals surface area contributed by atoms with Gasteiger partial charge in [0.2, 0.25) is 0 Å². The van der Waals surface area contributed by atoms with Gasteiger partial charge in [0.1, 0.15) is 0 Å². The van der Waals surface area contributed by atoms with Gasteiger partial charge >= 0.3 is 0 Å². The molecule has 2 amide bonds. The van der Waals surface area contributed by atoms with E-state index in [1.54, 1.807) is 48.8 Å². The van der Waals surface area contributed by atoms with Crippen molar-refractivity contribution in [3.05, 3.63) is 59.9 Å². The molecule has 1 heterocycles. The van der Waals surface area contributed by atoms with Crippen LogP contribution in [0.5, 0.6) is 0 Å². The van der Waals surface area contributed by atoms with Crippen molar-refractivity contribution in [2.24, 2.45) is 5.73 Å². The minimum absolute atomic E-state index is 0. The molecular formula is C21H27Cl2N5O2. The van der Waals surface area contributed by atoms with Gasteiger partial charge in [-0.3, -0.25) is 9.59 Å². The zero-order chi connectivity index (χ0) is 20.1. The summed E-state index contributed by atoms with van der Waals surface area (Å²) < 4.78 is 0. The number of aromatic amines is 1. The minimum atomic E-state index is -0.421. The number of nitrogens with two attached hydrogens (primary N) is 1. The van der Waals surface area contributed by atoms with Gasteiger partial charge in [0.15, 0.2) is 0 Å². The first-order chi connectivity index (χ1) is 13.5. The number of rotatable bonds is 7. The average molecular weight is 452 g/mol. The molecule has 9 heteroatoms. The lowest BCUT2D eigenvalue weighted by Gasteiger charge is -2.31. The number of carbonyl (C=O) groups is 2.